The van der Waals surface area contributed by atoms with Crippen LogP contribution >= 0.6 is 15.9 Å². The van der Waals surface area contributed by atoms with Crippen molar-refractivity contribution in [3.63, 3.8) is 0 Å². The molecule has 1 N–H and O–H groups in total. The van der Waals surface area contributed by atoms with Crippen LogP contribution in [0.3, 0.4) is 0 Å². The second-order valence-corrected chi connectivity index (χ2v) is 6.26. The second-order valence-electron chi connectivity index (χ2n) is 5.41. The average molecular weight is 314 g/mol. The highest BCUT2D eigenvalue weighted by Crippen LogP contribution is 2.35. The monoisotopic (exact) mass is 313 g/mol. The Morgan fingerprint density at radius 3 is 2.78 bits per heavy atom. The van der Waals surface area contributed by atoms with Gasteiger partial charge in [-0.3, -0.25) is 0 Å². The van der Waals surface area contributed by atoms with Gasteiger partial charge in [-0.25, -0.2) is 4.39 Å². The molecule has 1 nitrogen and oxygen atoms in total. The Labute approximate surface area is 117 Å². The van der Waals surface area contributed by atoms with Gasteiger partial charge >= 0.3 is 0 Å². The first-order valence-corrected chi connectivity index (χ1v) is 7.52. The van der Waals surface area contributed by atoms with E-state index in [-0.39, 0.29) is 5.82 Å². The molecule has 3 unspecified atom stereocenters. The second kappa shape index (κ2) is 6.16. The van der Waals surface area contributed by atoms with Crippen molar-refractivity contribution in [2.24, 2.45) is 11.8 Å². The molecule has 0 spiro atoms. The van der Waals surface area contributed by atoms with Gasteiger partial charge in [-0.1, -0.05) is 41.8 Å². The highest BCUT2D eigenvalue weighted by Gasteiger charge is 2.30. The van der Waals surface area contributed by atoms with Gasteiger partial charge in [0.05, 0.1) is 0 Å². The lowest BCUT2D eigenvalue weighted by atomic mass is 9.86. The van der Waals surface area contributed by atoms with Crippen molar-refractivity contribution in [2.75, 3.05) is 7.05 Å². The lowest BCUT2D eigenvalue weighted by Gasteiger charge is -2.27. The van der Waals surface area contributed by atoms with Crippen LogP contribution in [0, 0.1) is 17.7 Å². The third-order valence-electron chi connectivity index (χ3n) is 4.27. The maximum Gasteiger partial charge on any atom is 0.124 e. The van der Waals surface area contributed by atoms with Crippen LogP contribution in [0.1, 0.15) is 31.7 Å². The number of hydrogen-bond acceptors (Lipinski definition) is 1. The number of likely N-dealkylation sites (N-methyl/N-ethyl adjacent to an activating group) is 1. The van der Waals surface area contributed by atoms with Gasteiger partial charge in [0, 0.05) is 10.5 Å². The van der Waals surface area contributed by atoms with E-state index in [1.807, 2.05) is 13.1 Å². The van der Waals surface area contributed by atoms with Gasteiger partial charge in [0.15, 0.2) is 0 Å². The highest BCUT2D eigenvalue weighted by atomic mass is 79.9. The van der Waals surface area contributed by atoms with Crippen molar-refractivity contribution in [3.8, 4) is 0 Å². The molecule has 0 saturated heterocycles. The maximum atomic E-state index is 13.1. The van der Waals surface area contributed by atoms with Crippen LogP contribution in [-0.4, -0.2) is 13.1 Å². The minimum absolute atomic E-state index is 0.180. The zero-order valence-electron chi connectivity index (χ0n) is 11.0. The molecule has 1 fully saturated rings. The number of nitrogens with one attached hydrogen (secondary N) is 1. The van der Waals surface area contributed by atoms with Crippen LogP contribution in [-0.2, 0) is 6.42 Å². The Morgan fingerprint density at radius 2 is 2.22 bits per heavy atom. The van der Waals surface area contributed by atoms with E-state index in [0.717, 1.165) is 22.7 Å². The van der Waals surface area contributed by atoms with Crippen LogP contribution in [0.5, 0.6) is 0 Å². The summed E-state index contributed by atoms with van der Waals surface area (Å²) in [6.07, 6.45) is 4.96. The summed E-state index contributed by atoms with van der Waals surface area (Å²) in [5.74, 6) is 1.36. The molecule has 0 bridgehead atoms. The number of halogens is 2. The predicted octanol–water partition coefficient (Wildman–Crippen LogP) is 4.15. The summed E-state index contributed by atoms with van der Waals surface area (Å²) in [6.45, 7) is 2.35. The molecular weight excluding hydrogens is 293 g/mol. The van der Waals surface area contributed by atoms with Gasteiger partial charge < -0.3 is 5.32 Å². The molecule has 3 atom stereocenters. The first kappa shape index (κ1) is 14.0. The summed E-state index contributed by atoms with van der Waals surface area (Å²) in [5.41, 5.74) is 1.19. The topological polar surface area (TPSA) is 12.0 Å². The zero-order chi connectivity index (χ0) is 13.1. The SMILES string of the molecule is CNC(Cc1ccc(F)cc1Br)C1CCCC1C. The standard InChI is InChI=1S/C15H21BrFN/c1-10-4-3-5-13(10)15(18-2)8-11-6-7-12(17)9-14(11)16/h6-7,9-10,13,15,18H,3-5,8H2,1-2H3. The van der Waals surface area contributed by atoms with E-state index in [0.29, 0.717) is 6.04 Å². The van der Waals surface area contributed by atoms with Crippen LogP contribution < -0.4 is 5.32 Å². The molecule has 0 radical (unpaired) electrons. The Bertz CT molecular complexity index is 407. The Hall–Kier alpha value is -0.410. The van der Waals surface area contributed by atoms with Gasteiger partial charge in [0.2, 0.25) is 0 Å². The quantitative estimate of drug-likeness (QED) is 0.880. The summed E-state index contributed by atoms with van der Waals surface area (Å²) in [4.78, 5) is 0. The van der Waals surface area contributed by atoms with Crippen molar-refractivity contribution in [1.82, 2.24) is 5.32 Å². The van der Waals surface area contributed by atoms with Crippen molar-refractivity contribution in [1.29, 1.82) is 0 Å². The molecule has 0 amide bonds. The molecule has 1 aliphatic rings. The van der Waals surface area contributed by atoms with E-state index < -0.39 is 0 Å². The predicted molar refractivity (Wildman–Crippen MR) is 77.2 cm³/mol. The molecule has 0 aromatic heterocycles. The van der Waals surface area contributed by atoms with Crippen LogP contribution in [0.4, 0.5) is 4.39 Å². The fourth-order valence-electron chi connectivity index (χ4n) is 3.16. The van der Waals surface area contributed by atoms with Crippen LogP contribution in [0.2, 0.25) is 0 Å². The van der Waals surface area contributed by atoms with Gasteiger partial charge in [0.25, 0.3) is 0 Å². The van der Waals surface area contributed by atoms with Gasteiger partial charge in [0.1, 0.15) is 5.82 Å². The fraction of sp³-hybridized carbons (Fsp3) is 0.600. The fourth-order valence-corrected chi connectivity index (χ4v) is 3.68. The van der Waals surface area contributed by atoms with Crippen molar-refractivity contribution in [2.45, 2.75) is 38.6 Å². The molecule has 1 aromatic rings. The van der Waals surface area contributed by atoms with E-state index in [1.165, 1.54) is 24.8 Å². The molecule has 0 heterocycles. The number of hydrogen-bond donors (Lipinski definition) is 1. The van der Waals surface area contributed by atoms with E-state index in [9.17, 15) is 4.39 Å². The largest absolute Gasteiger partial charge is 0.316 e. The normalized spacial score (nSPS) is 25.3. The molecule has 18 heavy (non-hydrogen) atoms. The molecule has 2 rings (SSSR count). The lowest BCUT2D eigenvalue weighted by Crippen LogP contribution is -2.36. The van der Waals surface area contributed by atoms with E-state index in [4.69, 9.17) is 0 Å². The molecule has 1 aliphatic carbocycles. The highest BCUT2D eigenvalue weighted by molar-refractivity contribution is 9.10. The smallest absolute Gasteiger partial charge is 0.124 e. The average Bonchev–Trinajstić information content (AvgIpc) is 2.75. The summed E-state index contributed by atoms with van der Waals surface area (Å²) < 4.78 is 14.0. The van der Waals surface area contributed by atoms with Gasteiger partial charge in [-0.15, -0.1) is 0 Å². The van der Waals surface area contributed by atoms with E-state index in [1.54, 1.807) is 12.1 Å². The van der Waals surface area contributed by atoms with Crippen molar-refractivity contribution in [3.05, 3.63) is 34.1 Å². The summed E-state index contributed by atoms with van der Waals surface area (Å²) in [7, 11) is 2.03. The van der Waals surface area contributed by atoms with Crippen molar-refractivity contribution >= 4 is 15.9 Å². The minimum Gasteiger partial charge on any atom is -0.316 e. The minimum atomic E-state index is -0.180. The summed E-state index contributed by atoms with van der Waals surface area (Å²) >= 11 is 3.46. The van der Waals surface area contributed by atoms with Crippen molar-refractivity contribution < 1.29 is 4.39 Å². The third-order valence-corrected chi connectivity index (χ3v) is 5.01. The van der Waals surface area contributed by atoms with Crippen LogP contribution in [0.15, 0.2) is 22.7 Å². The lowest BCUT2D eigenvalue weighted by molar-refractivity contribution is 0.308. The third kappa shape index (κ3) is 3.12. The Kier molecular flexibility index (Phi) is 4.79. The first-order valence-electron chi connectivity index (χ1n) is 6.73. The molecule has 1 saturated carbocycles. The first-order chi connectivity index (χ1) is 8.61. The Balaban J connectivity index is 2.10. The number of benzene rings is 1. The molecular formula is C15H21BrFN. The molecule has 3 heteroatoms. The maximum absolute atomic E-state index is 13.1. The summed E-state index contributed by atoms with van der Waals surface area (Å²) in [5, 5.41) is 3.45. The van der Waals surface area contributed by atoms with E-state index >= 15 is 0 Å². The van der Waals surface area contributed by atoms with Crippen LogP contribution in [0.25, 0.3) is 0 Å². The number of rotatable bonds is 4. The molecule has 100 valence electrons. The van der Waals surface area contributed by atoms with Gasteiger partial charge in [-0.05, 0) is 49.4 Å². The zero-order valence-corrected chi connectivity index (χ0v) is 12.6. The molecule has 1 aromatic carbocycles. The summed E-state index contributed by atoms with van der Waals surface area (Å²) in [6, 6.07) is 5.48. The van der Waals surface area contributed by atoms with Gasteiger partial charge in [-0.2, -0.15) is 0 Å². The molecule has 0 aliphatic heterocycles. The Morgan fingerprint density at radius 1 is 1.44 bits per heavy atom. The van der Waals surface area contributed by atoms with E-state index in [2.05, 4.69) is 28.2 Å².